The van der Waals surface area contributed by atoms with Crippen LogP contribution >= 0.6 is 0 Å². The van der Waals surface area contributed by atoms with Gasteiger partial charge in [0.15, 0.2) is 0 Å². The third-order valence-electron chi connectivity index (χ3n) is 11.4. The van der Waals surface area contributed by atoms with Crippen LogP contribution in [0.1, 0.15) is 143 Å². The van der Waals surface area contributed by atoms with Crippen LogP contribution in [-0.2, 0) is 18.6 Å². The Morgan fingerprint density at radius 1 is 0.481 bits per heavy atom. The molecule has 0 amide bonds. The fourth-order valence-corrected chi connectivity index (χ4v) is 6.47. The van der Waals surface area contributed by atoms with E-state index in [-0.39, 0.29) is 0 Å². The molecule has 54 heavy (non-hydrogen) atoms. The molecule has 3 aromatic carbocycles. The van der Waals surface area contributed by atoms with Gasteiger partial charge in [-0.05, 0) is 102 Å². The van der Waals surface area contributed by atoms with E-state index in [0.717, 1.165) is 70.4 Å². The summed E-state index contributed by atoms with van der Waals surface area (Å²) in [4.78, 5) is 0. The van der Waals surface area contributed by atoms with Gasteiger partial charge in [0.05, 0.1) is 35.6 Å². The standard InChI is InChI=1S/C46H64B2O6/c1-11-13-15-17-29-49-41-33-38(28-26-36-22-20-24-40(32-36)48-53-45(7,8)46(9,10)54-48)42(50-30-18-16-14-12-2)34-37(41)27-25-35-21-19-23-39(31-35)47-51-43(3,4)44(5,6)52-47/h19-28,31-34H,11-18,29-30H2,1-10H3/b27-25+,28-26+. The van der Waals surface area contributed by atoms with Gasteiger partial charge in [0.1, 0.15) is 11.5 Å². The van der Waals surface area contributed by atoms with E-state index in [0.29, 0.717) is 13.2 Å². The van der Waals surface area contributed by atoms with E-state index >= 15 is 0 Å². The number of benzene rings is 3. The molecule has 5 rings (SSSR count). The molecule has 0 aliphatic carbocycles. The maximum atomic E-state index is 6.54. The predicted octanol–water partition coefficient (Wildman–Crippen LogP) is 10.5. The van der Waals surface area contributed by atoms with Crippen molar-refractivity contribution < 1.29 is 28.1 Å². The monoisotopic (exact) mass is 734 g/mol. The van der Waals surface area contributed by atoms with Gasteiger partial charge in [-0.3, -0.25) is 0 Å². The van der Waals surface area contributed by atoms with Crippen molar-refractivity contribution in [3.8, 4) is 11.5 Å². The third kappa shape index (κ3) is 10.5. The van der Waals surface area contributed by atoms with Crippen LogP contribution in [0.4, 0.5) is 0 Å². The van der Waals surface area contributed by atoms with Gasteiger partial charge >= 0.3 is 14.2 Å². The zero-order valence-electron chi connectivity index (χ0n) is 34.8. The van der Waals surface area contributed by atoms with Gasteiger partial charge in [0.25, 0.3) is 0 Å². The summed E-state index contributed by atoms with van der Waals surface area (Å²) in [6.45, 7) is 22.5. The Bertz CT molecular complexity index is 1580. The van der Waals surface area contributed by atoms with Crippen LogP contribution in [0.15, 0.2) is 60.7 Å². The summed E-state index contributed by atoms with van der Waals surface area (Å²) in [5, 5.41) is 0. The molecule has 2 aliphatic heterocycles. The lowest BCUT2D eigenvalue weighted by atomic mass is 9.78. The summed E-state index contributed by atoms with van der Waals surface area (Å²) in [5.74, 6) is 1.68. The molecule has 2 heterocycles. The normalized spacial score (nSPS) is 18.6. The van der Waals surface area contributed by atoms with Crippen molar-refractivity contribution in [3.05, 3.63) is 82.9 Å². The topological polar surface area (TPSA) is 55.4 Å². The highest BCUT2D eigenvalue weighted by Crippen LogP contribution is 2.38. The second-order valence-corrected chi connectivity index (χ2v) is 16.9. The molecule has 6 nitrogen and oxygen atoms in total. The Balaban J connectivity index is 1.45. The van der Waals surface area contributed by atoms with Crippen molar-refractivity contribution in [1.29, 1.82) is 0 Å². The van der Waals surface area contributed by atoms with Crippen molar-refractivity contribution in [2.24, 2.45) is 0 Å². The third-order valence-corrected chi connectivity index (χ3v) is 11.4. The van der Waals surface area contributed by atoms with Crippen LogP contribution in [0.2, 0.25) is 0 Å². The minimum atomic E-state index is -0.415. The molecular weight excluding hydrogens is 670 g/mol. The number of ether oxygens (including phenoxy) is 2. The van der Waals surface area contributed by atoms with Crippen LogP contribution in [-0.4, -0.2) is 49.9 Å². The van der Waals surface area contributed by atoms with Crippen LogP contribution in [0.3, 0.4) is 0 Å². The lowest BCUT2D eigenvalue weighted by Gasteiger charge is -2.32. The highest BCUT2D eigenvalue weighted by atomic mass is 16.7. The second-order valence-electron chi connectivity index (χ2n) is 16.9. The van der Waals surface area contributed by atoms with Crippen molar-refractivity contribution in [3.63, 3.8) is 0 Å². The lowest BCUT2D eigenvalue weighted by Crippen LogP contribution is -2.41. The zero-order chi connectivity index (χ0) is 39.0. The zero-order valence-corrected chi connectivity index (χ0v) is 34.8. The maximum absolute atomic E-state index is 6.54. The molecule has 0 radical (unpaired) electrons. The van der Waals surface area contributed by atoms with Crippen molar-refractivity contribution in [2.75, 3.05) is 13.2 Å². The SMILES string of the molecule is CCCCCCOc1cc(/C=C/c2cccc(B3OC(C)(C)C(C)(C)O3)c2)c(OCCCCCC)cc1/C=C/c1cccc(B2OC(C)(C)C(C)(C)O2)c1. The second kappa shape index (κ2) is 18.1. The van der Waals surface area contributed by atoms with Gasteiger partial charge in [-0.1, -0.05) is 125 Å². The molecule has 0 spiro atoms. The van der Waals surface area contributed by atoms with Crippen LogP contribution < -0.4 is 20.4 Å². The van der Waals surface area contributed by atoms with E-state index < -0.39 is 36.6 Å². The average Bonchev–Trinajstić information content (AvgIpc) is 3.49. The van der Waals surface area contributed by atoms with Crippen molar-refractivity contribution >= 4 is 49.5 Å². The first kappa shape index (κ1) is 41.9. The maximum Gasteiger partial charge on any atom is 0.494 e. The largest absolute Gasteiger partial charge is 0.494 e. The average molecular weight is 735 g/mol. The predicted molar refractivity (Wildman–Crippen MR) is 228 cm³/mol. The molecule has 2 saturated heterocycles. The van der Waals surface area contributed by atoms with Gasteiger partial charge in [-0.2, -0.15) is 0 Å². The van der Waals surface area contributed by atoms with E-state index in [1.54, 1.807) is 0 Å². The summed E-state index contributed by atoms with van der Waals surface area (Å²) in [5.41, 5.74) is 4.50. The van der Waals surface area contributed by atoms with Gasteiger partial charge in [-0.15, -0.1) is 0 Å². The fourth-order valence-electron chi connectivity index (χ4n) is 6.47. The Morgan fingerprint density at radius 2 is 0.852 bits per heavy atom. The summed E-state index contributed by atoms with van der Waals surface area (Å²) in [7, 11) is -0.830. The Morgan fingerprint density at radius 3 is 1.20 bits per heavy atom. The number of rotatable bonds is 18. The van der Waals surface area contributed by atoms with E-state index in [4.69, 9.17) is 28.1 Å². The number of unbranched alkanes of at least 4 members (excludes halogenated alkanes) is 6. The molecule has 0 unspecified atom stereocenters. The highest BCUT2D eigenvalue weighted by molar-refractivity contribution is 6.62. The van der Waals surface area contributed by atoms with E-state index in [2.05, 4.69) is 154 Å². The smallest absolute Gasteiger partial charge is 0.493 e. The van der Waals surface area contributed by atoms with Gasteiger partial charge in [0, 0.05) is 11.1 Å². The van der Waals surface area contributed by atoms with Crippen LogP contribution in [0.25, 0.3) is 24.3 Å². The Labute approximate surface area is 327 Å². The summed E-state index contributed by atoms with van der Waals surface area (Å²) >= 11 is 0. The molecule has 2 fully saturated rings. The highest BCUT2D eigenvalue weighted by Gasteiger charge is 2.52. The minimum absolute atomic E-state index is 0.397. The molecule has 3 aromatic rings. The first-order valence-corrected chi connectivity index (χ1v) is 20.4. The lowest BCUT2D eigenvalue weighted by molar-refractivity contribution is 0.00578. The summed E-state index contributed by atoms with van der Waals surface area (Å²) < 4.78 is 38.5. The molecule has 0 saturated carbocycles. The minimum Gasteiger partial charge on any atom is -0.493 e. The van der Waals surface area contributed by atoms with Crippen molar-refractivity contribution in [1.82, 2.24) is 0 Å². The molecule has 0 bridgehead atoms. The number of hydrogen-bond acceptors (Lipinski definition) is 6. The molecular formula is C46H64B2O6. The molecule has 2 aliphatic rings. The Hall–Kier alpha value is -3.29. The fraction of sp³-hybridized carbons (Fsp3) is 0.522. The van der Waals surface area contributed by atoms with Gasteiger partial charge < -0.3 is 28.1 Å². The quantitative estimate of drug-likeness (QED) is 0.0737. The first-order chi connectivity index (χ1) is 25.6. The number of hydrogen-bond donors (Lipinski definition) is 0. The van der Waals surface area contributed by atoms with E-state index in [9.17, 15) is 0 Å². The molecule has 0 aromatic heterocycles. The molecule has 0 atom stereocenters. The molecule has 8 heteroatoms. The molecule has 0 N–H and O–H groups in total. The van der Waals surface area contributed by atoms with Gasteiger partial charge in [0.2, 0.25) is 0 Å². The van der Waals surface area contributed by atoms with Crippen LogP contribution in [0, 0.1) is 0 Å². The van der Waals surface area contributed by atoms with E-state index in [1.165, 1.54) is 25.7 Å². The molecule has 290 valence electrons. The van der Waals surface area contributed by atoms with E-state index in [1.807, 2.05) is 0 Å². The first-order valence-electron chi connectivity index (χ1n) is 20.4. The Kier molecular flexibility index (Phi) is 14.0. The summed E-state index contributed by atoms with van der Waals surface area (Å²) in [6, 6.07) is 21.0. The van der Waals surface area contributed by atoms with Gasteiger partial charge in [-0.25, -0.2) is 0 Å². The summed E-state index contributed by atoms with van der Waals surface area (Å²) in [6.07, 6.45) is 17.7. The van der Waals surface area contributed by atoms with Crippen LogP contribution in [0.5, 0.6) is 11.5 Å². The van der Waals surface area contributed by atoms with Crippen molar-refractivity contribution in [2.45, 2.75) is 143 Å².